The van der Waals surface area contributed by atoms with Gasteiger partial charge in [-0.15, -0.1) is 0 Å². The van der Waals surface area contributed by atoms with Gasteiger partial charge in [0.15, 0.2) is 0 Å². The van der Waals surface area contributed by atoms with E-state index in [-0.39, 0.29) is 18.0 Å². The number of aromatic nitrogens is 2. The van der Waals surface area contributed by atoms with Crippen molar-refractivity contribution in [2.75, 3.05) is 19.5 Å². The van der Waals surface area contributed by atoms with Crippen molar-refractivity contribution in [3.63, 3.8) is 0 Å². The van der Waals surface area contributed by atoms with E-state index in [4.69, 9.17) is 9.47 Å². The zero-order valence-electron chi connectivity index (χ0n) is 17.2. The van der Waals surface area contributed by atoms with Crippen LogP contribution in [0, 0.1) is 0 Å². The number of nitrogens with zero attached hydrogens (tertiary/aromatic N) is 2. The van der Waals surface area contributed by atoms with E-state index in [1.54, 1.807) is 49.7 Å². The molecule has 0 bridgehead atoms. The second kappa shape index (κ2) is 8.71. The first kappa shape index (κ1) is 20.2. The predicted octanol–water partition coefficient (Wildman–Crippen LogP) is 3.71. The molecule has 0 spiro atoms. The molecule has 1 N–H and O–H groups in total. The van der Waals surface area contributed by atoms with Crippen molar-refractivity contribution < 1.29 is 14.3 Å². The van der Waals surface area contributed by atoms with Crippen molar-refractivity contribution >= 4 is 22.4 Å². The minimum absolute atomic E-state index is 0.177. The molecule has 4 aromatic rings. The maximum absolute atomic E-state index is 13.1. The second-order valence-electron chi connectivity index (χ2n) is 6.88. The first-order chi connectivity index (χ1) is 15.1. The number of pyridine rings is 2. The Balaban J connectivity index is 1.76. The molecule has 0 aliphatic rings. The molecular weight excluding hydrogens is 394 g/mol. The van der Waals surface area contributed by atoms with Gasteiger partial charge in [0.1, 0.15) is 5.75 Å². The van der Waals surface area contributed by atoms with Gasteiger partial charge >= 0.3 is 0 Å². The van der Waals surface area contributed by atoms with E-state index in [9.17, 15) is 9.59 Å². The topological polar surface area (TPSA) is 82.5 Å². The minimum atomic E-state index is -0.336. The number of nitrogens with one attached hydrogen (secondary N) is 1. The van der Waals surface area contributed by atoms with E-state index in [2.05, 4.69) is 10.3 Å². The zero-order chi connectivity index (χ0) is 21.8. The summed E-state index contributed by atoms with van der Waals surface area (Å²) in [6, 6.07) is 17.9. The van der Waals surface area contributed by atoms with Crippen molar-refractivity contribution in [3.8, 4) is 11.6 Å². The number of amides is 1. The number of rotatable bonds is 6. The smallest absolute Gasteiger partial charge is 0.258 e. The number of fused-ring (bicyclic) bond motifs is 1. The molecule has 156 valence electrons. The summed E-state index contributed by atoms with van der Waals surface area (Å²) in [5.41, 5.74) is 1.58. The van der Waals surface area contributed by atoms with Gasteiger partial charge in [0.2, 0.25) is 5.88 Å². The number of carbonyl (C=O) groups excluding carboxylic acids is 1. The number of methoxy groups -OCH3 is 2. The highest BCUT2D eigenvalue weighted by Crippen LogP contribution is 2.21. The van der Waals surface area contributed by atoms with Crippen LogP contribution in [0.5, 0.6) is 11.6 Å². The van der Waals surface area contributed by atoms with Crippen LogP contribution in [0.15, 0.2) is 77.9 Å². The second-order valence-corrected chi connectivity index (χ2v) is 6.88. The lowest BCUT2D eigenvalue weighted by Crippen LogP contribution is -2.24. The average molecular weight is 415 g/mol. The molecule has 2 heterocycles. The molecule has 2 aromatic heterocycles. The third kappa shape index (κ3) is 4.11. The number of anilines is 1. The van der Waals surface area contributed by atoms with E-state index >= 15 is 0 Å². The molecule has 0 aliphatic carbocycles. The van der Waals surface area contributed by atoms with Crippen LogP contribution < -0.4 is 20.3 Å². The van der Waals surface area contributed by atoms with E-state index in [1.807, 2.05) is 24.3 Å². The van der Waals surface area contributed by atoms with E-state index < -0.39 is 0 Å². The Morgan fingerprint density at radius 3 is 2.42 bits per heavy atom. The Kier molecular flexibility index (Phi) is 5.66. The fourth-order valence-electron chi connectivity index (χ4n) is 3.43. The van der Waals surface area contributed by atoms with Crippen LogP contribution in [-0.2, 0) is 6.54 Å². The van der Waals surface area contributed by atoms with Crippen molar-refractivity contribution in [2.24, 2.45) is 0 Å². The molecule has 0 aliphatic heterocycles. The average Bonchev–Trinajstić information content (AvgIpc) is 2.81. The predicted molar refractivity (Wildman–Crippen MR) is 119 cm³/mol. The molecule has 7 heteroatoms. The molecular formula is C24H21N3O4. The maximum Gasteiger partial charge on any atom is 0.258 e. The quantitative estimate of drug-likeness (QED) is 0.519. The third-order valence-electron chi connectivity index (χ3n) is 4.97. The Morgan fingerprint density at radius 2 is 1.71 bits per heavy atom. The Hall–Kier alpha value is -4.13. The van der Waals surface area contributed by atoms with Gasteiger partial charge in [-0.3, -0.25) is 9.59 Å². The lowest BCUT2D eigenvalue weighted by atomic mass is 10.1. The number of ether oxygens (including phenoxy) is 2. The minimum Gasteiger partial charge on any atom is -0.496 e. The number of hydrogen-bond donors (Lipinski definition) is 1. The summed E-state index contributed by atoms with van der Waals surface area (Å²) in [6.07, 6.45) is 3.10. The zero-order valence-corrected chi connectivity index (χ0v) is 17.2. The first-order valence-corrected chi connectivity index (χ1v) is 9.66. The van der Waals surface area contributed by atoms with Crippen molar-refractivity contribution in [1.29, 1.82) is 0 Å². The maximum atomic E-state index is 13.1. The number of benzene rings is 2. The molecule has 0 saturated carbocycles. The van der Waals surface area contributed by atoms with Gasteiger partial charge in [-0.2, -0.15) is 0 Å². The number of hydrogen-bond acceptors (Lipinski definition) is 5. The molecule has 0 saturated heterocycles. The molecule has 4 rings (SSSR count). The molecule has 0 unspecified atom stereocenters. The standard InChI is InChI=1S/C24H21N3O4/c1-30-21-10-6-3-7-16(21)14-27-15-20(18-8-4-5-9-19(18)24(27)29)23(28)26-17-11-12-22(31-2)25-13-17/h3-13,15H,14H2,1-2H3,(H,26,28). The number of para-hydroxylation sites is 1. The fraction of sp³-hybridized carbons (Fsp3) is 0.125. The molecule has 0 radical (unpaired) electrons. The lowest BCUT2D eigenvalue weighted by Gasteiger charge is -2.14. The normalized spacial score (nSPS) is 10.6. The monoisotopic (exact) mass is 415 g/mol. The van der Waals surface area contributed by atoms with E-state index in [1.165, 1.54) is 17.9 Å². The molecule has 31 heavy (non-hydrogen) atoms. The Bertz CT molecular complexity index is 1300. The van der Waals surface area contributed by atoms with Crippen LogP contribution in [0.3, 0.4) is 0 Å². The van der Waals surface area contributed by atoms with Crippen molar-refractivity contribution in [1.82, 2.24) is 9.55 Å². The summed E-state index contributed by atoms with van der Waals surface area (Å²) >= 11 is 0. The Labute approximate surface area is 178 Å². The summed E-state index contributed by atoms with van der Waals surface area (Å²) in [5, 5.41) is 3.89. The molecule has 2 aromatic carbocycles. The Morgan fingerprint density at radius 1 is 0.968 bits per heavy atom. The molecule has 0 atom stereocenters. The SMILES string of the molecule is COc1ccc(NC(=O)c2cn(Cc3ccccc3OC)c(=O)c3ccccc23)cn1. The van der Waals surface area contributed by atoms with Crippen molar-refractivity contribution in [2.45, 2.75) is 6.54 Å². The largest absolute Gasteiger partial charge is 0.496 e. The van der Waals surface area contributed by atoms with Gasteiger partial charge in [0.05, 0.1) is 38.2 Å². The van der Waals surface area contributed by atoms with Gasteiger partial charge in [0.25, 0.3) is 11.5 Å². The first-order valence-electron chi connectivity index (χ1n) is 9.66. The molecule has 1 amide bonds. The van der Waals surface area contributed by atoms with Gasteiger partial charge < -0.3 is 19.4 Å². The molecule has 0 fully saturated rings. The number of carbonyl (C=O) groups is 1. The summed E-state index contributed by atoms with van der Waals surface area (Å²) in [6.45, 7) is 0.276. The highest BCUT2D eigenvalue weighted by atomic mass is 16.5. The summed E-state index contributed by atoms with van der Waals surface area (Å²) in [4.78, 5) is 30.3. The summed E-state index contributed by atoms with van der Waals surface area (Å²) < 4.78 is 12.0. The van der Waals surface area contributed by atoms with Gasteiger partial charge in [-0.05, 0) is 18.2 Å². The van der Waals surface area contributed by atoms with Crippen molar-refractivity contribution in [3.05, 3.63) is 94.5 Å². The summed E-state index contributed by atoms with van der Waals surface area (Å²) in [7, 11) is 3.11. The highest BCUT2D eigenvalue weighted by molar-refractivity contribution is 6.12. The van der Waals surface area contributed by atoms with Crippen LogP contribution in [0.2, 0.25) is 0 Å². The highest BCUT2D eigenvalue weighted by Gasteiger charge is 2.16. The van der Waals surface area contributed by atoms with Gasteiger partial charge in [0, 0.05) is 28.6 Å². The van der Waals surface area contributed by atoms with Crippen LogP contribution in [0.1, 0.15) is 15.9 Å². The van der Waals surface area contributed by atoms with Gasteiger partial charge in [-0.25, -0.2) is 4.98 Å². The lowest BCUT2D eigenvalue weighted by molar-refractivity contribution is 0.102. The third-order valence-corrected chi connectivity index (χ3v) is 4.97. The fourth-order valence-corrected chi connectivity index (χ4v) is 3.43. The van der Waals surface area contributed by atoms with E-state index in [0.29, 0.717) is 33.7 Å². The van der Waals surface area contributed by atoms with Gasteiger partial charge in [-0.1, -0.05) is 36.4 Å². The summed E-state index contributed by atoms with van der Waals surface area (Å²) in [5.74, 6) is 0.795. The van der Waals surface area contributed by atoms with Crippen LogP contribution in [0.25, 0.3) is 10.8 Å². The van der Waals surface area contributed by atoms with Crippen LogP contribution >= 0.6 is 0 Å². The van der Waals surface area contributed by atoms with E-state index in [0.717, 1.165) is 5.56 Å². The molecule has 7 nitrogen and oxygen atoms in total. The van der Waals surface area contributed by atoms with Crippen LogP contribution in [0.4, 0.5) is 5.69 Å². The van der Waals surface area contributed by atoms with Crippen LogP contribution in [-0.4, -0.2) is 29.7 Å².